The van der Waals surface area contributed by atoms with E-state index >= 15 is 0 Å². The number of unbranched alkanes of at least 4 members (excludes halogenated alkanes) is 1. The van der Waals surface area contributed by atoms with E-state index in [0.29, 0.717) is 24.2 Å². The van der Waals surface area contributed by atoms with Crippen LogP contribution in [0, 0.1) is 0 Å². The average Bonchev–Trinajstić information content (AvgIpc) is 2.85. The summed E-state index contributed by atoms with van der Waals surface area (Å²) < 4.78 is 5.23. The van der Waals surface area contributed by atoms with Crippen molar-refractivity contribution in [3.05, 3.63) is 59.2 Å². The second-order valence-electron chi connectivity index (χ2n) is 7.75. The summed E-state index contributed by atoms with van der Waals surface area (Å²) in [5.74, 6) is -1.60. The van der Waals surface area contributed by atoms with Gasteiger partial charge in [0.05, 0.1) is 12.7 Å². The molecule has 0 aliphatic rings. The van der Waals surface area contributed by atoms with Gasteiger partial charge in [0.25, 0.3) is 0 Å². The van der Waals surface area contributed by atoms with Crippen molar-refractivity contribution in [1.29, 1.82) is 0 Å². The van der Waals surface area contributed by atoms with Crippen LogP contribution in [0.5, 0.6) is 23.0 Å². The Labute approximate surface area is 204 Å². The average molecular weight is 484 g/mol. The molecule has 188 valence electrons. The van der Waals surface area contributed by atoms with Crippen molar-refractivity contribution in [1.82, 2.24) is 10.6 Å². The highest BCUT2D eigenvalue weighted by Crippen LogP contribution is 2.34. The van der Waals surface area contributed by atoms with E-state index in [1.807, 2.05) is 0 Å². The number of nitrogens with two attached hydrogens (primary N) is 1. The number of benzene rings is 2. The molecule has 0 spiro atoms. The Balaban J connectivity index is 2.06. The number of carbonyl (C=O) groups is 2. The standard InChI is InChI=1S/C26H33N3O6/c1-35-26-22(32)11-7-19(8-12-24(34)29-16-3-2-14-28-15-4-13-27)25(26)21(31)10-6-18-5-9-20(30)23(33)17-18/h5-12,17,28,30,32-33H,2-4,13-16,27H2,1H3,(H,29,34)/b10-6+,12-8+. The molecule has 35 heavy (non-hydrogen) atoms. The minimum Gasteiger partial charge on any atom is -0.504 e. The third-order valence-electron chi connectivity index (χ3n) is 5.10. The summed E-state index contributed by atoms with van der Waals surface area (Å²) in [6.45, 7) is 2.93. The molecule has 0 radical (unpaired) electrons. The molecule has 0 unspecified atom stereocenters. The lowest BCUT2D eigenvalue weighted by molar-refractivity contribution is -0.116. The summed E-state index contributed by atoms with van der Waals surface area (Å²) in [5.41, 5.74) is 6.40. The van der Waals surface area contributed by atoms with Gasteiger partial charge in [0.1, 0.15) is 0 Å². The van der Waals surface area contributed by atoms with E-state index in [-0.39, 0.29) is 34.5 Å². The summed E-state index contributed by atoms with van der Waals surface area (Å²) in [6, 6.07) is 7.04. The first-order chi connectivity index (χ1) is 16.9. The number of aromatic hydroxyl groups is 3. The summed E-state index contributed by atoms with van der Waals surface area (Å²) in [4.78, 5) is 25.2. The molecule has 0 aliphatic heterocycles. The lowest BCUT2D eigenvalue weighted by Crippen LogP contribution is -2.24. The maximum atomic E-state index is 13.0. The third-order valence-corrected chi connectivity index (χ3v) is 5.10. The molecule has 0 bridgehead atoms. The molecule has 2 aromatic rings. The Kier molecular flexibility index (Phi) is 11.3. The number of ketones is 1. The van der Waals surface area contributed by atoms with Crippen LogP contribution in [0.4, 0.5) is 0 Å². The number of phenolic OH excluding ortho intramolecular Hbond substituents is 3. The fourth-order valence-electron chi connectivity index (χ4n) is 3.25. The van der Waals surface area contributed by atoms with Gasteiger partial charge < -0.3 is 36.4 Å². The predicted octanol–water partition coefficient (Wildman–Crippen LogP) is 2.56. The van der Waals surface area contributed by atoms with Crippen LogP contribution in [0.3, 0.4) is 0 Å². The molecule has 0 saturated heterocycles. The molecule has 0 fully saturated rings. The number of phenols is 3. The van der Waals surface area contributed by atoms with Crippen LogP contribution in [0.15, 0.2) is 42.5 Å². The summed E-state index contributed by atoms with van der Waals surface area (Å²) >= 11 is 0. The fraction of sp³-hybridized carbons (Fsp3) is 0.308. The Morgan fingerprint density at radius 3 is 2.34 bits per heavy atom. The third kappa shape index (κ3) is 8.80. The van der Waals surface area contributed by atoms with E-state index in [0.717, 1.165) is 32.4 Å². The van der Waals surface area contributed by atoms with Gasteiger partial charge in [0.2, 0.25) is 5.91 Å². The van der Waals surface area contributed by atoms with E-state index in [4.69, 9.17) is 10.5 Å². The molecular weight excluding hydrogens is 450 g/mol. The minimum absolute atomic E-state index is 0.0158. The molecule has 0 aromatic heterocycles. The maximum absolute atomic E-state index is 13.0. The van der Waals surface area contributed by atoms with Crippen LogP contribution in [0.1, 0.15) is 40.7 Å². The van der Waals surface area contributed by atoms with Gasteiger partial charge in [0, 0.05) is 12.6 Å². The number of rotatable bonds is 14. The highest BCUT2D eigenvalue weighted by molar-refractivity contribution is 6.12. The number of amides is 1. The quantitative estimate of drug-likeness (QED) is 0.104. The molecule has 7 N–H and O–H groups in total. The summed E-state index contributed by atoms with van der Waals surface area (Å²) in [5, 5.41) is 35.3. The lowest BCUT2D eigenvalue weighted by Gasteiger charge is -2.11. The molecular formula is C26H33N3O6. The van der Waals surface area contributed by atoms with Gasteiger partial charge in [-0.15, -0.1) is 0 Å². The van der Waals surface area contributed by atoms with Gasteiger partial charge in [-0.3, -0.25) is 9.59 Å². The first-order valence-corrected chi connectivity index (χ1v) is 11.4. The Hall–Kier alpha value is -3.82. The second-order valence-corrected chi connectivity index (χ2v) is 7.75. The van der Waals surface area contributed by atoms with Crippen LogP contribution in [-0.2, 0) is 4.79 Å². The maximum Gasteiger partial charge on any atom is 0.243 e. The van der Waals surface area contributed by atoms with Gasteiger partial charge in [0.15, 0.2) is 28.8 Å². The summed E-state index contributed by atoms with van der Waals surface area (Å²) in [6.07, 6.45) is 8.20. The molecule has 0 aliphatic carbocycles. The second kappa shape index (κ2) is 14.4. The van der Waals surface area contributed by atoms with Crippen LogP contribution in [0.25, 0.3) is 12.2 Å². The van der Waals surface area contributed by atoms with Crippen molar-refractivity contribution in [2.24, 2.45) is 5.73 Å². The van der Waals surface area contributed by atoms with E-state index in [9.17, 15) is 24.9 Å². The number of nitrogens with one attached hydrogen (secondary N) is 2. The number of allylic oxidation sites excluding steroid dienone is 1. The smallest absolute Gasteiger partial charge is 0.243 e. The molecule has 0 atom stereocenters. The van der Waals surface area contributed by atoms with E-state index in [1.54, 1.807) is 0 Å². The van der Waals surface area contributed by atoms with Crippen molar-refractivity contribution in [2.75, 3.05) is 33.3 Å². The Bertz CT molecular complexity index is 1070. The van der Waals surface area contributed by atoms with Gasteiger partial charge in [-0.1, -0.05) is 18.2 Å². The topological polar surface area (TPSA) is 154 Å². The van der Waals surface area contributed by atoms with E-state index < -0.39 is 5.78 Å². The zero-order valence-electron chi connectivity index (χ0n) is 19.8. The van der Waals surface area contributed by atoms with Gasteiger partial charge in [-0.05, 0) is 80.4 Å². The Morgan fingerprint density at radius 2 is 1.63 bits per heavy atom. The minimum atomic E-state index is -0.479. The summed E-state index contributed by atoms with van der Waals surface area (Å²) in [7, 11) is 1.33. The highest BCUT2D eigenvalue weighted by Gasteiger charge is 2.18. The van der Waals surface area contributed by atoms with E-state index in [2.05, 4.69) is 10.6 Å². The van der Waals surface area contributed by atoms with Crippen molar-refractivity contribution in [3.63, 3.8) is 0 Å². The predicted molar refractivity (Wildman–Crippen MR) is 136 cm³/mol. The lowest BCUT2D eigenvalue weighted by atomic mass is 10.00. The zero-order valence-corrected chi connectivity index (χ0v) is 19.8. The van der Waals surface area contributed by atoms with Gasteiger partial charge in [-0.2, -0.15) is 0 Å². The number of methoxy groups -OCH3 is 1. The number of hydrogen-bond acceptors (Lipinski definition) is 8. The van der Waals surface area contributed by atoms with Crippen molar-refractivity contribution in [2.45, 2.75) is 19.3 Å². The first kappa shape index (κ1) is 27.4. The molecule has 9 heteroatoms. The van der Waals surface area contributed by atoms with Crippen molar-refractivity contribution in [3.8, 4) is 23.0 Å². The van der Waals surface area contributed by atoms with E-state index in [1.165, 1.54) is 61.7 Å². The van der Waals surface area contributed by atoms with Crippen LogP contribution in [-0.4, -0.2) is 60.3 Å². The molecule has 1 amide bonds. The highest BCUT2D eigenvalue weighted by atomic mass is 16.5. The van der Waals surface area contributed by atoms with Gasteiger partial charge in [-0.25, -0.2) is 0 Å². The first-order valence-electron chi connectivity index (χ1n) is 11.4. The van der Waals surface area contributed by atoms with Crippen LogP contribution >= 0.6 is 0 Å². The SMILES string of the molecule is COc1c(O)ccc(/C=C/C(=O)NCCCCNCCCN)c1C(=O)/C=C/c1ccc(O)c(O)c1. The molecule has 0 heterocycles. The number of carbonyl (C=O) groups excluding carboxylic acids is 2. The number of ether oxygens (including phenoxy) is 1. The Morgan fingerprint density at radius 1 is 0.914 bits per heavy atom. The van der Waals surface area contributed by atoms with Gasteiger partial charge >= 0.3 is 0 Å². The largest absolute Gasteiger partial charge is 0.504 e. The zero-order chi connectivity index (χ0) is 25.6. The number of hydrogen-bond donors (Lipinski definition) is 6. The molecule has 2 rings (SSSR count). The molecule has 9 nitrogen and oxygen atoms in total. The van der Waals surface area contributed by atoms with Crippen LogP contribution < -0.4 is 21.1 Å². The normalized spacial score (nSPS) is 11.3. The van der Waals surface area contributed by atoms with Crippen molar-refractivity contribution >= 4 is 23.8 Å². The monoisotopic (exact) mass is 483 g/mol. The fourth-order valence-corrected chi connectivity index (χ4v) is 3.25. The molecule has 2 aromatic carbocycles. The molecule has 0 saturated carbocycles. The van der Waals surface area contributed by atoms with Crippen molar-refractivity contribution < 1.29 is 29.6 Å². The van der Waals surface area contributed by atoms with Crippen LogP contribution in [0.2, 0.25) is 0 Å².